The SMILES string of the molecule is O=C(O)Oc1cnc2ccccc2n1. The minimum atomic E-state index is -1.39. The van der Waals surface area contributed by atoms with Gasteiger partial charge in [0.15, 0.2) is 0 Å². The molecule has 70 valence electrons. The first-order chi connectivity index (χ1) is 6.75. The largest absolute Gasteiger partial charge is 0.512 e. The lowest BCUT2D eigenvalue weighted by Crippen LogP contribution is -2.04. The van der Waals surface area contributed by atoms with Crippen molar-refractivity contribution in [2.24, 2.45) is 0 Å². The standard InChI is InChI=1S/C9H6N2O3/c12-9(13)14-8-5-10-6-3-1-2-4-7(6)11-8/h1-5H,(H,12,13). The Morgan fingerprint density at radius 1 is 1.29 bits per heavy atom. The number of rotatable bonds is 1. The molecule has 0 aliphatic rings. The van der Waals surface area contributed by atoms with Crippen molar-refractivity contribution in [1.82, 2.24) is 9.97 Å². The molecule has 0 radical (unpaired) electrons. The highest BCUT2D eigenvalue weighted by atomic mass is 16.7. The number of ether oxygens (including phenoxy) is 1. The van der Waals surface area contributed by atoms with Crippen molar-refractivity contribution in [3.63, 3.8) is 0 Å². The Balaban J connectivity index is 2.46. The number of carboxylic acid groups (broad SMARTS) is 1. The van der Waals surface area contributed by atoms with Gasteiger partial charge in [0.1, 0.15) is 0 Å². The van der Waals surface area contributed by atoms with Gasteiger partial charge in [0.2, 0.25) is 5.88 Å². The number of carbonyl (C=O) groups is 1. The van der Waals surface area contributed by atoms with Crippen LogP contribution in [-0.2, 0) is 0 Å². The first-order valence-corrected chi connectivity index (χ1v) is 3.88. The van der Waals surface area contributed by atoms with Crippen molar-refractivity contribution in [2.45, 2.75) is 0 Å². The lowest BCUT2D eigenvalue weighted by atomic mass is 10.3. The molecule has 0 aliphatic heterocycles. The Bertz CT molecular complexity index is 484. The third kappa shape index (κ3) is 1.61. The van der Waals surface area contributed by atoms with E-state index in [9.17, 15) is 4.79 Å². The van der Waals surface area contributed by atoms with Gasteiger partial charge in [-0.1, -0.05) is 12.1 Å². The highest BCUT2D eigenvalue weighted by molar-refractivity contribution is 5.74. The average Bonchev–Trinajstić information content (AvgIpc) is 2.17. The maximum atomic E-state index is 10.2. The minimum absolute atomic E-state index is 0.0174. The summed E-state index contributed by atoms with van der Waals surface area (Å²) in [6.45, 7) is 0. The van der Waals surface area contributed by atoms with E-state index in [1.807, 2.05) is 6.07 Å². The van der Waals surface area contributed by atoms with Crippen LogP contribution in [0.3, 0.4) is 0 Å². The van der Waals surface area contributed by atoms with Gasteiger partial charge in [-0.05, 0) is 12.1 Å². The topological polar surface area (TPSA) is 72.3 Å². The molecule has 14 heavy (non-hydrogen) atoms. The number of aromatic nitrogens is 2. The number of hydrogen-bond donors (Lipinski definition) is 1. The van der Waals surface area contributed by atoms with E-state index in [0.29, 0.717) is 11.0 Å². The summed E-state index contributed by atoms with van der Waals surface area (Å²) < 4.78 is 4.37. The molecule has 2 aromatic rings. The zero-order valence-corrected chi connectivity index (χ0v) is 7.04. The summed E-state index contributed by atoms with van der Waals surface area (Å²) in [6, 6.07) is 7.14. The molecule has 1 heterocycles. The zero-order chi connectivity index (χ0) is 9.97. The predicted octanol–water partition coefficient (Wildman–Crippen LogP) is 1.69. The number of fused-ring (bicyclic) bond motifs is 1. The fraction of sp³-hybridized carbons (Fsp3) is 0. The van der Waals surface area contributed by atoms with Gasteiger partial charge in [-0.15, -0.1) is 0 Å². The normalized spacial score (nSPS) is 10.0. The van der Waals surface area contributed by atoms with Crippen LogP contribution in [0.5, 0.6) is 5.88 Å². The van der Waals surface area contributed by atoms with Gasteiger partial charge in [-0.3, -0.25) is 0 Å². The molecule has 1 aromatic heterocycles. The average molecular weight is 190 g/mol. The van der Waals surface area contributed by atoms with Gasteiger partial charge in [0.25, 0.3) is 0 Å². The van der Waals surface area contributed by atoms with E-state index in [-0.39, 0.29) is 5.88 Å². The molecule has 5 nitrogen and oxygen atoms in total. The fourth-order valence-electron chi connectivity index (χ4n) is 1.08. The summed E-state index contributed by atoms with van der Waals surface area (Å²) in [7, 11) is 0. The summed E-state index contributed by atoms with van der Waals surface area (Å²) >= 11 is 0. The minimum Gasteiger partial charge on any atom is -0.449 e. The Morgan fingerprint density at radius 3 is 2.71 bits per heavy atom. The van der Waals surface area contributed by atoms with Crippen LogP contribution in [0.2, 0.25) is 0 Å². The molecule has 0 unspecified atom stereocenters. The van der Waals surface area contributed by atoms with Gasteiger partial charge in [-0.25, -0.2) is 14.8 Å². The molecule has 0 atom stereocenters. The van der Waals surface area contributed by atoms with E-state index in [4.69, 9.17) is 5.11 Å². The number of benzene rings is 1. The van der Waals surface area contributed by atoms with Crippen LogP contribution in [-0.4, -0.2) is 21.2 Å². The highest BCUT2D eigenvalue weighted by Gasteiger charge is 2.03. The molecule has 0 fully saturated rings. The van der Waals surface area contributed by atoms with Crippen molar-refractivity contribution in [3.05, 3.63) is 30.5 Å². The van der Waals surface area contributed by atoms with Gasteiger partial charge in [-0.2, -0.15) is 0 Å². The monoisotopic (exact) mass is 190 g/mol. The first-order valence-electron chi connectivity index (χ1n) is 3.88. The third-order valence-electron chi connectivity index (χ3n) is 1.62. The molecule has 0 saturated heterocycles. The van der Waals surface area contributed by atoms with E-state index < -0.39 is 6.16 Å². The molecular formula is C9H6N2O3. The second-order valence-corrected chi connectivity index (χ2v) is 2.56. The van der Waals surface area contributed by atoms with Crippen molar-refractivity contribution in [3.8, 4) is 5.88 Å². The van der Waals surface area contributed by atoms with Crippen LogP contribution in [0, 0.1) is 0 Å². The van der Waals surface area contributed by atoms with Gasteiger partial charge < -0.3 is 9.84 Å². The fourth-order valence-corrected chi connectivity index (χ4v) is 1.08. The summed E-state index contributed by atoms with van der Waals surface area (Å²) in [5.74, 6) is -0.0174. The molecule has 0 aliphatic carbocycles. The lowest BCUT2D eigenvalue weighted by Gasteiger charge is -1.99. The van der Waals surface area contributed by atoms with E-state index in [0.717, 1.165) is 0 Å². The molecule has 1 N–H and O–H groups in total. The van der Waals surface area contributed by atoms with Crippen LogP contribution < -0.4 is 4.74 Å². The van der Waals surface area contributed by atoms with Crippen molar-refractivity contribution in [1.29, 1.82) is 0 Å². The summed E-state index contributed by atoms with van der Waals surface area (Å²) in [6.07, 6.45) is -0.120. The smallest absolute Gasteiger partial charge is 0.449 e. The molecule has 0 bridgehead atoms. The molecule has 2 rings (SSSR count). The number of hydrogen-bond acceptors (Lipinski definition) is 4. The Morgan fingerprint density at radius 2 is 2.00 bits per heavy atom. The third-order valence-corrected chi connectivity index (χ3v) is 1.62. The van der Waals surface area contributed by atoms with Gasteiger partial charge >= 0.3 is 6.16 Å². The Labute approximate surface area is 79.0 Å². The molecule has 5 heteroatoms. The summed E-state index contributed by atoms with van der Waals surface area (Å²) in [4.78, 5) is 18.1. The van der Waals surface area contributed by atoms with Crippen LogP contribution in [0.25, 0.3) is 11.0 Å². The van der Waals surface area contributed by atoms with Crippen LogP contribution in [0.4, 0.5) is 4.79 Å². The van der Waals surface area contributed by atoms with E-state index in [1.54, 1.807) is 18.2 Å². The van der Waals surface area contributed by atoms with Crippen molar-refractivity contribution in [2.75, 3.05) is 0 Å². The first kappa shape index (κ1) is 8.43. The van der Waals surface area contributed by atoms with Crippen molar-refractivity contribution >= 4 is 17.2 Å². The second-order valence-electron chi connectivity index (χ2n) is 2.56. The second kappa shape index (κ2) is 3.29. The molecule has 0 amide bonds. The van der Waals surface area contributed by atoms with Gasteiger partial charge in [0.05, 0.1) is 17.2 Å². The van der Waals surface area contributed by atoms with E-state index in [2.05, 4.69) is 14.7 Å². The summed E-state index contributed by atoms with van der Waals surface area (Å²) in [5, 5.41) is 8.35. The van der Waals surface area contributed by atoms with Gasteiger partial charge in [0, 0.05) is 0 Å². The lowest BCUT2D eigenvalue weighted by molar-refractivity contribution is 0.142. The maximum absolute atomic E-state index is 10.2. The number of nitrogens with zero attached hydrogens (tertiary/aromatic N) is 2. The van der Waals surface area contributed by atoms with Crippen molar-refractivity contribution < 1.29 is 14.6 Å². The Kier molecular flexibility index (Phi) is 1.98. The highest BCUT2D eigenvalue weighted by Crippen LogP contribution is 2.12. The molecule has 1 aromatic carbocycles. The molecular weight excluding hydrogens is 184 g/mol. The quantitative estimate of drug-likeness (QED) is 0.692. The summed E-state index contributed by atoms with van der Waals surface area (Å²) in [5.41, 5.74) is 1.30. The maximum Gasteiger partial charge on any atom is 0.512 e. The predicted molar refractivity (Wildman–Crippen MR) is 48.2 cm³/mol. The van der Waals surface area contributed by atoms with Crippen LogP contribution in [0.15, 0.2) is 30.5 Å². The van der Waals surface area contributed by atoms with Crippen LogP contribution in [0.1, 0.15) is 0 Å². The molecule has 0 spiro atoms. The van der Waals surface area contributed by atoms with E-state index >= 15 is 0 Å². The van der Waals surface area contributed by atoms with Crippen LogP contribution >= 0.6 is 0 Å². The Hall–Kier alpha value is -2.17. The molecule has 0 saturated carbocycles. The van der Waals surface area contributed by atoms with E-state index in [1.165, 1.54) is 6.20 Å². The number of para-hydroxylation sites is 2. The zero-order valence-electron chi connectivity index (χ0n) is 7.04.